The van der Waals surface area contributed by atoms with E-state index in [0.29, 0.717) is 6.04 Å². The van der Waals surface area contributed by atoms with Crippen LogP contribution < -0.4 is 5.32 Å². The minimum atomic E-state index is 0.614. The molecule has 1 aliphatic carbocycles. The number of hydrogen-bond donors (Lipinski definition) is 1. The second-order valence-corrected chi connectivity index (χ2v) is 6.85. The Labute approximate surface area is 125 Å². The maximum Gasteiger partial charge on any atom is 0.00103 e. The molecule has 0 heterocycles. The zero-order chi connectivity index (χ0) is 14.4. The molecule has 1 atom stereocenters. The van der Waals surface area contributed by atoms with Crippen LogP contribution in [0.1, 0.15) is 63.1 Å². The lowest BCUT2D eigenvalue weighted by atomic mass is 9.89. The van der Waals surface area contributed by atoms with Crippen LogP contribution in [0.2, 0.25) is 0 Å². The van der Waals surface area contributed by atoms with Crippen molar-refractivity contribution in [1.82, 2.24) is 5.32 Å². The first-order valence-electron chi connectivity index (χ1n) is 8.49. The second kappa shape index (κ2) is 7.83. The summed E-state index contributed by atoms with van der Waals surface area (Å²) in [7, 11) is 0. The van der Waals surface area contributed by atoms with E-state index < -0.39 is 0 Å². The van der Waals surface area contributed by atoms with Crippen molar-refractivity contribution in [2.75, 3.05) is 6.54 Å². The largest absolute Gasteiger partial charge is 0.315 e. The zero-order valence-electron chi connectivity index (χ0n) is 13.5. The van der Waals surface area contributed by atoms with Gasteiger partial charge in [0.15, 0.2) is 0 Å². The van der Waals surface area contributed by atoms with Crippen molar-refractivity contribution in [2.24, 2.45) is 5.92 Å². The molecular formula is C19H31N. The van der Waals surface area contributed by atoms with Crippen LogP contribution in [0.15, 0.2) is 18.2 Å². The molecule has 1 unspecified atom stereocenters. The normalized spacial score (nSPS) is 16.2. The van der Waals surface area contributed by atoms with Crippen LogP contribution in [0, 0.1) is 5.92 Å². The Hall–Kier alpha value is -0.820. The summed E-state index contributed by atoms with van der Waals surface area (Å²) in [5, 5.41) is 3.52. The van der Waals surface area contributed by atoms with E-state index in [2.05, 4.69) is 44.3 Å². The number of rotatable bonds is 7. The topological polar surface area (TPSA) is 12.0 Å². The Kier molecular flexibility index (Phi) is 6.09. The van der Waals surface area contributed by atoms with E-state index in [1.165, 1.54) is 44.9 Å². The lowest BCUT2D eigenvalue weighted by molar-refractivity contribution is 0.454. The van der Waals surface area contributed by atoms with Crippen LogP contribution in [-0.4, -0.2) is 12.6 Å². The molecule has 1 heteroatoms. The van der Waals surface area contributed by atoms with Gasteiger partial charge in [-0.3, -0.25) is 0 Å². The Morgan fingerprint density at radius 2 is 1.75 bits per heavy atom. The van der Waals surface area contributed by atoms with E-state index in [1.807, 2.05) is 0 Å². The van der Waals surface area contributed by atoms with Crippen molar-refractivity contribution in [3.63, 3.8) is 0 Å². The summed E-state index contributed by atoms with van der Waals surface area (Å²) in [5.41, 5.74) is 4.78. The summed E-state index contributed by atoms with van der Waals surface area (Å²) in [5.74, 6) is 0.817. The van der Waals surface area contributed by atoms with Crippen LogP contribution in [0.3, 0.4) is 0 Å². The molecule has 1 aromatic carbocycles. The Bertz CT molecular complexity index is 408. The predicted molar refractivity (Wildman–Crippen MR) is 88.3 cm³/mol. The Morgan fingerprint density at radius 3 is 2.50 bits per heavy atom. The van der Waals surface area contributed by atoms with Gasteiger partial charge in [0, 0.05) is 6.04 Å². The van der Waals surface area contributed by atoms with Crippen LogP contribution in [0.5, 0.6) is 0 Å². The number of hydrogen-bond acceptors (Lipinski definition) is 1. The summed E-state index contributed by atoms with van der Waals surface area (Å²) in [6.45, 7) is 7.99. The van der Waals surface area contributed by atoms with Crippen LogP contribution >= 0.6 is 0 Å². The third-order valence-electron chi connectivity index (χ3n) is 4.53. The van der Waals surface area contributed by atoms with Gasteiger partial charge in [0.25, 0.3) is 0 Å². The summed E-state index contributed by atoms with van der Waals surface area (Å²) in [6.07, 6.45) is 9.22. The molecule has 0 spiro atoms. The quantitative estimate of drug-likeness (QED) is 0.770. The molecule has 0 bridgehead atoms. The highest BCUT2D eigenvalue weighted by Gasteiger charge is 2.10. The van der Waals surface area contributed by atoms with Crippen LogP contribution in [0.25, 0.3) is 0 Å². The minimum absolute atomic E-state index is 0.614. The highest BCUT2D eigenvalue weighted by atomic mass is 14.9. The van der Waals surface area contributed by atoms with Gasteiger partial charge in [-0.2, -0.15) is 0 Å². The van der Waals surface area contributed by atoms with Gasteiger partial charge >= 0.3 is 0 Å². The summed E-state index contributed by atoms with van der Waals surface area (Å²) >= 11 is 0. The standard InChI is InChI=1S/C19H31N/c1-15(2)20-13-12-16(3)8-9-17-10-11-18-6-4-5-7-19(18)14-17/h10-11,14-16,20H,4-9,12-13H2,1-3H3. The average molecular weight is 273 g/mol. The fraction of sp³-hybridized carbons (Fsp3) is 0.684. The molecule has 0 aromatic heterocycles. The Balaban J connectivity index is 1.76. The van der Waals surface area contributed by atoms with Gasteiger partial charge in [0.1, 0.15) is 0 Å². The predicted octanol–water partition coefficient (Wildman–Crippen LogP) is 4.52. The van der Waals surface area contributed by atoms with Crippen molar-refractivity contribution in [3.8, 4) is 0 Å². The molecule has 1 nitrogen and oxygen atoms in total. The Morgan fingerprint density at radius 1 is 1.00 bits per heavy atom. The van der Waals surface area contributed by atoms with Crippen molar-refractivity contribution in [2.45, 2.75) is 71.8 Å². The highest BCUT2D eigenvalue weighted by molar-refractivity contribution is 5.33. The molecule has 0 aliphatic heterocycles. The van der Waals surface area contributed by atoms with Crippen molar-refractivity contribution in [3.05, 3.63) is 34.9 Å². The summed E-state index contributed by atoms with van der Waals surface area (Å²) < 4.78 is 0. The zero-order valence-corrected chi connectivity index (χ0v) is 13.5. The van der Waals surface area contributed by atoms with E-state index in [4.69, 9.17) is 0 Å². The lowest BCUT2D eigenvalue weighted by Crippen LogP contribution is -2.25. The third-order valence-corrected chi connectivity index (χ3v) is 4.53. The monoisotopic (exact) mass is 273 g/mol. The fourth-order valence-corrected chi connectivity index (χ4v) is 3.12. The first kappa shape index (κ1) is 15.6. The van der Waals surface area contributed by atoms with Crippen molar-refractivity contribution in [1.29, 1.82) is 0 Å². The van der Waals surface area contributed by atoms with E-state index in [-0.39, 0.29) is 0 Å². The van der Waals surface area contributed by atoms with Crippen molar-refractivity contribution < 1.29 is 0 Å². The van der Waals surface area contributed by atoms with Gasteiger partial charge in [-0.15, -0.1) is 0 Å². The maximum atomic E-state index is 3.52. The molecule has 2 rings (SSSR count). The molecule has 1 aromatic rings. The lowest BCUT2D eigenvalue weighted by Gasteiger charge is -2.17. The van der Waals surface area contributed by atoms with Crippen LogP contribution in [0.4, 0.5) is 0 Å². The number of nitrogens with one attached hydrogen (secondary N) is 1. The molecule has 0 saturated carbocycles. The number of benzene rings is 1. The first-order valence-corrected chi connectivity index (χ1v) is 8.49. The number of aryl methyl sites for hydroxylation is 3. The van der Waals surface area contributed by atoms with E-state index in [1.54, 1.807) is 16.7 Å². The van der Waals surface area contributed by atoms with E-state index >= 15 is 0 Å². The summed E-state index contributed by atoms with van der Waals surface area (Å²) in [4.78, 5) is 0. The van der Waals surface area contributed by atoms with E-state index in [9.17, 15) is 0 Å². The highest BCUT2D eigenvalue weighted by Crippen LogP contribution is 2.23. The van der Waals surface area contributed by atoms with Gasteiger partial charge in [0.2, 0.25) is 0 Å². The fourth-order valence-electron chi connectivity index (χ4n) is 3.12. The molecule has 1 aliphatic rings. The molecule has 0 saturated heterocycles. The number of fused-ring (bicyclic) bond motifs is 1. The smallest absolute Gasteiger partial charge is 0.00103 e. The molecule has 1 N–H and O–H groups in total. The van der Waals surface area contributed by atoms with Gasteiger partial charge in [-0.05, 0) is 74.1 Å². The maximum absolute atomic E-state index is 3.52. The van der Waals surface area contributed by atoms with Gasteiger partial charge in [0.05, 0.1) is 0 Å². The van der Waals surface area contributed by atoms with Crippen molar-refractivity contribution >= 4 is 0 Å². The molecule has 0 radical (unpaired) electrons. The second-order valence-electron chi connectivity index (χ2n) is 6.85. The molecule has 112 valence electrons. The molecule has 20 heavy (non-hydrogen) atoms. The van der Waals surface area contributed by atoms with Gasteiger partial charge in [-0.1, -0.05) is 39.0 Å². The molecule has 0 amide bonds. The van der Waals surface area contributed by atoms with Crippen LogP contribution in [-0.2, 0) is 19.3 Å². The average Bonchev–Trinajstić information content (AvgIpc) is 2.44. The third kappa shape index (κ3) is 4.94. The van der Waals surface area contributed by atoms with E-state index in [0.717, 1.165) is 12.5 Å². The van der Waals surface area contributed by atoms with Gasteiger partial charge in [-0.25, -0.2) is 0 Å². The molecule has 0 fully saturated rings. The summed E-state index contributed by atoms with van der Waals surface area (Å²) in [6, 6.07) is 7.84. The minimum Gasteiger partial charge on any atom is -0.315 e. The molecular weight excluding hydrogens is 242 g/mol. The SMILES string of the molecule is CC(CCNC(C)C)CCc1ccc2c(c1)CCCC2. The van der Waals surface area contributed by atoms with Gasteiger partial charge < -0.3 is 5.32 Å². The first-order chi connectivity index (χ1) is 9.65.